The fourth-order valence-electron chi connectivity index (χ4n) is 0.965. The minimum atomic E-state index is -4.10. The lowest BCUT2D eigenvalue weighted by Crippen LogP contribution is -1.93. The van der Waals surface area contributed by atoms with E-state index in [2.05, 4.69) is 11.7 Å². The van der Waals surface area contributed by atoms with Gasteiger partial charge in [0, 0.05) is 0 Å². The van der Waals surface area contributed by atoms with Gasteiger partial charge >= 0.3 is 30.4 Å². The van der Waals surface area contributed by atoms with Gasteiger partial charge in [-0.05, 0) is 19.6 Å². The Morgan fingerprint density at radius 2 is 0.769 bits per heavy atom. The number of hydrogen-bond acceptors (Lipinski definition) is 6. The van der Waals surface area contributed by atoms with Gasteiger partial charge < -0.3 is 44.9 Å². The zero-order valence-electron chi connectivity index (χ0n) is 13.7. The standard InChI is InChI=1S/2C3H10O6P2.C2H6N2/c2*4-10(5,6)2-1-3-11(7,8)9;1-4-2-3/h2*1-3H2,(H2,4,5,6)(H2,7,8,9);1-3H2. The normalized spacial score (nSPS) is 12.3. The summed E-state index contributed by atoms with van der Waals surface area (Å²) in [7, 11) is -16.4. The van der Waals surface area contributed by atoms with E-state index in [-0.39, 0.29) is 12.8 Å². The molecule has 0 atom stereocenters. The molecular weight excluding hydrogens is 440 g/mol. The second-order valence-corrected chi connectivity index (χ2v) is 11.8. The smallest absolute Gasteiger partial charge is 0.324 e. The van der Waals surface area contributed by atoms with Crippen molar-refractivity contribution in [2.75, 3.05) is 31.3 Å². The van der Waals surface area contributed by atoms with Crippen LogP contribution in [0.4, 0.5) is 0 Å². The zero-order valence-corrected chi connectivity index (χ0v) is 17.3. The van der Waals surface area contributed by atoms with Crippen LogP contribution in [0.2, 0.25) is 0 Å². The number of nitrogens with two attached hydrogens (primary N) is 1. The summed E-state index contributed by atoms with van der Waals surface area (Å²) in [5, 5.41) is 0. The molecule has 0 rings (SSSR count). The third-order valence-corrected chi connectivity index (χ3v) is 5.52. The van der Waals surface area contributed by atoms with Crippen molar-refractivity contribution >= 4 is 37.1 Å². The minimum Gasteiger partial charge on any atom is -0.324 e. The van der Waals surface area contributed by atoms with Crippen LogP contribution in [0.5, 0.6) is 0 Å². The fraction of sp³-hybridized carbons (Fsp3) is 0.875. The first kappa shape index (κ1) is 30.9. The van der Waals surface area contributed by atoms with Crippen molar-refractivity contribution in [3.63, 3.8) is 0 Å². The Bertz CT molecular complexity index is 470. The maximum Gasteiger partial charge on any atom is 0.325 e. The Morgan fingerprint density at radius 3 is 0.846 bits per heavy atom. The molecule has 0 saturated heterocycles. The second-order valence-electron chi connectivity index (χ2n) is 4.67. The molecule has 160 valence electrons. The van der Waals surface area contributed by atoms with Crippen LogP contribution < -0.4 is 5.73 Å². The molecule has 0 saturated carbocycles. The van der Waals surface area contributed by atoms with Crippen LogP contribution in [-0.2, 0) is 18.3 Å². The van der Waals surface area contributed by atoms with Crippen molar-refractivity contribution in [1.29, 1.82) is 0 Å². The fourth-order valence-corrected chi connectivity index (χ4v) is 3.74. The van der Waals surface area contributed by atoms with Crippen LogP contribution in [0.3, 0.4) is 0 Å². The highest BCUT2D eigenvalue weighted by Gasteiger charge is 2.18. The minimum absolute atomic E-state index is 0.158. The molecule has 0 aromatic carbocycles. The molecule has 0 bridgehead atoms. The first-order valence-electron chi connectivity index (χ1n) is 6.64. The van der Waals surface area contributed by atoms with Crippen LogP contribution in [0.15, 0.2) is 4.99 Å². The largest absolute Gasteiger partial charge is 0.325 e. The molecule has 0 aliphatic carbocycles. The van der Waals surface area contributed by atoms with Gasteiger partial charge in [-0.25, -0.2) is 0 Å². The predicted octanol–water partition coefficient (Wildman–Crippen LogP) is -0.933. The molecule has 0 heterocycles. The SMILES string of the molecule is C=NCN.O=P(O)(O)CCCP(=O)(O)O.O=P(O)(O)CCCP(=O)(O)O. The molecule has 0 fully saturated rings. The van der Waals surface area contributed by atoms with E-state index in [1.165, 1.54) is 0 Å². The van der Waals surface area contributed by atoms with Gasteiger partial charge in [0.05, 0.1) is 31.3 Å². The molecule has 26 heavy (non-hydrogen) atoms. The third kappa shape index (κ3) is 44.0. The second kappa shape index (κ2) is 14.3. The Kier molecular flexibility index (Phi) is 17.0. The number of rotatable bonds is 9. The number of aliphatic imine (C=N–C) groups is 1. The first-order chi connectivity index (χ1) is 11.3. The van der Waals surface area contributed by atoms with Crippen molar-refractivity contribution < 1.29 is 57.4 Å². The van der Waals surface area contributed by atoms with Crippen LogP contribution in [0.25, 0.3) is 0 Å². The molecule has 10 N–H and O–H groups in total. The highest BCUT2D eigenvalue weighted by atomic mass is 31.2. The van der Waals surface area contributed by atoms with Gasteiger partial charge in [-0.2, -0.15) is 0 Å². The Morgan fingerprint density at radius 1 is 0.615 bits per heavy atom. The summed E-state index contributed by atoms with van der Waals surface area (Å²) in [6.07, 6.45) is -2.21. The summed E-state index contributed by atoms with van der Waals surface area (Å²) in [6, 6.07) is 0. The lowest BCUT2D eigenvalue weighted by atomic mass is 10.6. The molecule has 0 amide bonds. The van der Waals surface area contributed by atoms with Gasteiger partial charge in [0.1, 0.15) is 0 Å². The maximum atomic E-state index is 10.2. The summed E-state index contributed by atoms with van der Waals surface area (Å²) in [5.41, 5.74) is 4.80. The van der Waals surface area contributed by atoms with E-state index in [1.54, 1.807) is 0 Å². The predicted molar refractivity (Wildman–Crippen MR) is 95.5 cm³/mol. The lowest BCUT2D eigenvalue weighted by molar-refractivity contribution is 0.362. The van der Waals surface area contributed by atoms with Crippen LogP contribution in [0.1, 0.15) is 12.8 Å². The van der Waals surface area contributed by atoms with Crippen LogP contribution >= 0.6 is 30.4 Å². The molecule has 0 aromatic rings. The molecule has 0 spiro atoms. The summed E-state index contributed by atoms with van der Waals surface area (Å²) in [5.74, 6) is 0. The molecule has 0 unspecified atom stereocenters. The van der Waals surface area contributed by atoms with Crippen molar-refractivity contribution in [2.24, 2.45) is 10.7 Å². The van der Waals surface area contributed by atoms with Gasteiger partial charge in [0.15, 0.2) is 0 Å². The summed E-state index contributed by atoms with van der Waals surface area (Å²) in [6.45, 7) is 3.44. The van der Waals surface area contributed by atoms with Crippen molar-refractivity contribution in [2.45, 2.75) is 12.8 Å². The molecule has 0 radical (unpaired) electrons. The Balaban J connectivity index is -0.000000338. The van der Waals surface area contributed by atoms with Crippen molar-refractivity contribution in [1.82, 2.24) is 0 Å². The highest BCUT2D eigenvalue weighted by molar-refractivity contribution is 7.53. The molecular formula is C8H26N2O12P4. The van der Waals surface area contributed by atoms with E-state index in [9.17, 15) is 18.3 Å². The zero-order chi connectivity index (χ0) is 21.7. The van der Waals surface area contributed by atoms with Crippen molar-refractivity contribution in [3.8, 4) is 0 Å². The van der Waals surface area contributed by atoms with Gasteiger partial charge in [-0.3, -0.25) is 23.3 Å². The van der Waals surface area contributed by atoms with E-state index in [0.29, 0.717) is 6.67 Å². The molecule has 0 aromatic heterocycles. The summed E-state index contributed by atoms with van der Waals surface area (Å²) in [4.78, 5) is 69.4. The molecule has 18 heteroatoms. The molecule has 0 aliphatic rings. The average molecular weight is 466 g/mol. The quantitative estimate of drug-likeness (QED) is 0.147. The highest BCUT2D eigenvalue weighted by Crippen LogP contribution is 2.41. The number of nitrogens with zero attached hydrogens (tertiary/aromatic N) is 1. The van der Waals surface area contributed by atoms with E-state index in [4.69, 9.17) is 44.9 Å². The first-order valence-corrected chi connectivity index (χ1v) is 13.8. The Hall–Kier alpha value is 0.230. The topological polar surface area (TPSA) is 268 Å². The van der Waals surface area contributed by atoms with E-state index in [0.717, 1.165) is 0 Å². The van der Waals surface area contributed by atoms with E-state index >= 15 is 0 Å². The van der Waals surface area contributed by atoms with Gasteiger partial charge in [-0.15, -0.1) is 0 Å². The van der Waals surface area contributed by atoms with Crippen LogP contribution in [0, 0.1) is 0 Å². The maximum absolute atomic E-state index is 10.2. The molecule has 14 nitrogen and oxygen atoms in total. The van der Waals surface area contributed by atoms with E-state index in [1.807, 2.05) is 0 Å². The van der Waals surface area contributed by atoms with Gasteiger partial charge in [-0.1, -0.05) is 0 Å². The summed E-state index contributed by atoms with van der Waals surface area (Å²) >= 11 is 0. The third-order valence-electron chi connectivity index (χ3n) is 1.93. The van der Waals surface area contributed by atoms with Crippen LogP contribution in [-0.4, -0.2) is 77.2 Å². The van der Waals surface area contributed by atoms with Crippen molar-refractivity contribution in [3.05, 3.63) is 0 Å². The van der Waals surface area contributed by atoms with Gasteiger partial charge in [0.25, 0.3) is 0 Å². The summed E-state index contributed by atoms with van der Waals surface area (Å²) < 4.78 is 40.6. The molecule has 0 aliphatic heterocycles. The van der Waals surface area contributed by atoms with E-state index < -0.39 is 55.0 Å². The lowest BCUT2D eigenvalue weighted by Gasteiger charge is -2.04. The number of hydrogen-bond donors (Lipinski definition) is 9. The monoisotopic (exact) mass is 466 g/mol. The average Bonchev–Trinajstić information content (AvgIpc) is 2.33. The Labute approximate surface area is 150 Å². The van der Waals surface area contributed by atoms with Gasteiger partial charge in [0.2, 0.25) is 0 Å².